The van der Waals surface area contributed by atoms with Crippen LogP contribution >= 0.6 is 35.7 Å². The van der Waals surface area contributed by atoms with E-state index in [0.717, 1.165) is 11.8 Å². The topological polar surface area (TPSA) is 77.9 Å². The van der Waals surface area contributed by atoms with Gasteiger partial charge in [-0.05, 0) is 6.92 Å². The number of thioether (sulfide) groups is 2. The highest BCUT2D eigenvalue weighted by atomic mass is 32.2. The van der Waals surface area contributed by atoms with Crippen LogP contribution in [0, 0.1) is 0 Å². The van der Waals surface area contributed by atoms with Gasteiger partial charge in [0.1, 0.15) is 10.9 Å². The fourth-order valence-corrected chi connectivity index (χ4v) is 4.26. The molecule has 0 aromatic heterocycles. The van der Waals surface area contributed by atoms with Gasteiger partial charge in [0.2, 0.25) is 0 Å². The number of hydrogen-bond donors (Lipinski definition) is 1. The van der Waals surface area contributed by atoms with E-state index < -0.39 is 11.9 Å². The van der Waals surface area contributed by atoms with E-state index in [0.29, 0.717) is 20.7 Å². The van der Waals surface area contributed by atoms with Crippen molar-refractivity contribution in [3.05, 3.63) is 9.81 Å². The van der Waals surface area contributed by atoms with Gasteiger partial charge in [0.15, 0.2) is 0 Å². The number of carbonyl (C=O) groups is 3. The van der Waals surface area contributed by atoms with Crippen molar-refractivity contribution >= 4 is 57.8 Å². The smallest absolute Gasteiger partial charge is 0.323 e. The first kappa shape index (κ1) is 14.4. The van der Waals surface area contributed by atoms with Gasteiger partial charge in [-0.2, -0.15) is 0 Å². The molecular formula is C10H10N2O4S3. The van der Waals surface area contributed by atoms with Crippen molar-refractivity contribution in [3.8, 4) is 0 Å². The number of carboxylic acid groups (broad SMARTS) is 1. The normalized spacial score (nSPS) is 23.7. The average molecular weight is 318 g/mol. The van der Waals surface area contributed by atoms with Crippen LogP contribution in [-0.2, 0) is 14.4 Å². The molecule has 0 radical (unpaired) electrons. The molecule has 0 unspecified atom stereocenters. The summed E-state index contributed by atoms with van der Waals surface area (Å²) in [6.07, 6.45) is 0. The first-order chi connectivity index (χ1) is 8.95. The Morgan fingerprint density at radius 3 is 2.58 bits per heavy atom. The van der Waals surface area contributed by atoms with E-state index in [1.807, 2.05) is 0 Å². The highest BCUT2D eigenvalue weighted by Crippen LogP contribution is 2.40. The number of aliphatic carboxylic acids is 1. The molecule has 19 heavy (non-hydrogen) atoms. The molecular weight excluding hydrogens is 308 g/mol. The Kier molecular flexibility index (Phi) is 4.16. The number of thiocarbonyl (C=S) groups is 1. The minimum absolute atomic E-state index is 0.247. The Balaban J connectivity index is 2.25. The van der Waals surface area contributed by atoms with Crippen LogP contribution in [0.5, 0.6) is 0 Å². The Morgan fingerprint density at radius 1 is 1.37 bits per heavy atom. The number of rotatable bonds is 3. The van der Waals surface area contributed by atoms with E-state index in [-0.39, 0.29) is 18.3 Å². The highest BCUT2D eigenvalue weighted by molar-refractivity contribution is 8.27. The SMILES string of the molecule is CCN1C(=O)/C(=C2\SCN(CC(=O)O)C2=O)SC1=S. The summed E-state index contributed by atoms with van der Waals surface area (Å²) in [6, 6.07) is 0. The van der Waals surface area contributed by atoms with Gasteiger partial charge in [0.25, 0.3) is 11.8 Å². The number of likely N-dealkylation sites (N-methyl/N-ethyl adjacent to an activating group) is 1. The van der Waals surface area contributed by atoms with Crippen LogP contribution < -0.4 is 0 Å². The number of carbonyl (C=O) groups excluding carboxylic acids is 2. The molecule has 2 amide bonds. The van der Waals surface area contributed by atoms with Gasteiger partial charge in [-0.25, -0.2) is 0 Å². The lowest BCUT2D eigenvalue weighted by molar-refractivity contribution is -0.141. The Morgan fingerprint density at radius 2 is 2.05 bits per heavy atom. The molecule has 0 aliphatic carbocycles. The van der Waals surface area contributed by atoms with E-state index in [1.165, 1.54) is 21.6 Å². The monoisotopic (exact) mass is 318 g/mol. The second kappa shape index (κ2) is 5.51. The first-order valence-electron chi connectivity index (χ1n) is 5.37. The molecule has 2 saturated heterocycles. The van der Waals surface area contributed by atoms with Gasteiger partial charge in [0.05, 0.1) is 15.7 Å². The van der Waals surface area contributed by atoms with Gasteiger partial charge in [-0.1, -0.05) is 35.7 Å². The molecule has 6 nitrogen and oxygen atoms in total. The lowest BCUT2D eigenvalue weighted by atomic mass is 10.4. The number of carboxylic acids is 1. The fraction of sp³-hybridized carbons (Fsp3) is 0.400. The molecule has 0 atom stereocenters. The van der Waals surface area contributed by atoms with Gasteiger partial charge in [0, 0.05) is 6.54 Å². The van der Waals surface area contributed by atoms with Crippen molar-refractivity contribution in [3.63, 3.8) is 0 Å². The third-order valence-electron chi connectivity index (χ3n) is 2.54. The fourth-order valence-electron chi connectivity index (χ4n) is 1.66. The van der Waals surface area contributed by atoms with Gasteiger partial charge < -0.3 is 10.0 Å². The van der Waals surface area contributed by atoms with E-state index >= 15 is 0 Å². The van der Waals surface area contributed by atoms with Crippen molar-refractivity contribution in [2.75, 3.05) is 19.0 Å². The Labute approximate surface area is 123 Å². The molecule has 2 fully saturated rings. The molecule has 2 rings (SSSR count). The minimum Gasteiger partial charge on any atom is -0.480 e. The summed E-state index contributed by atoms with van der Waals surface area (Å²) in [7, 11) is 0. The predicted molar refractivity (Wildman–Crippen MR) is 76.4 cm³/mol. The molecule has 2 aliphatic heterocycles. The Hall–Kier alpha value is -1.06. The maximum absolute atomic E-state index is 12.1. The van der Waals surface area contributed by atoms with E-state index in [1.54, 1.807) is 6.92 Å². The minimum atomic E-state index is -1.07. The summed E-state index contributed by atoms with van der Waals surface area (Å²) in [5, 5.41) is 8.70. The van der Waals surface area contributed by atoms with E-state index in [4.69, 9.17) is 17.3 Å². The van der Waals surface area contributed by atoms with Crippen LogP contribution in [0.4, 0.5) is 0 Å². The third kappa shape index (κ3) is 2.63. The summed E-state index contributed by atoms with van der Waals surface area (Å²) >= 11 is 7.35. The predicted octanol–water partition coefficient (Wildman–Crippen LogP) is 0.696. The van der Waals surface area contributed by atoms with Crippen LogP contribution in [0.1, 0.15) is 6.92 Å². The zero-order valence-corrected chi connectivity index (χ0v) is 12.4. The molecule has 0 bridgehead atoms. The van der Waals surface area contributed by atoms with E-state index in [9.17, 15) is 14.4 Å². The molecule has 0 saturated carbocycles. The molecule has 9 heteroatoms. The van der Waals surface area contributed by atoms with E-state index in [2.05, 4.69) is 0 Å². The number of amides is 2. The maximum Gasteiger partial charge on any atom is 0.323 e. The van der Waals surface area contributed by atoms with Crippen LogP contribution in [-0.4, -0.2) is 56.0 Å². The van der Waals surface area contributed by atoms with Crippen LogP contribution in [0.3, 0.4) is 0 Å². The van der Waals surface area contributed by atoms with Crippen molar-refractivity contribution < 1.29 is 19.5 Å². The Bertz CT molecular complexity index is 517. The van der Waals surface area contributed by atoms with Crippen molar-refractivity contribution in [2.45, 2.75) is 6.92 Å². The van der Waals surface area contributed by atoms with Gasteiger partial charge >= 0.3 is 5.97 Å². The largest absolute Gasteiger partial charge is 0.480 e. The van der Waals surface area contributed by atoms with Crippen molar-refractivity contribution in [2.24, 2.45) is 0 Å². The number of nitrogens with zero attached hydrogens (tertiary/aromatic N) is 2. The maximum atomic E-state index is 12.1. The molecule has 0 aromatic carbocycles. The average Bonchev–Trinajstić information content (AvgIpc) is 2.81. The quantitative estimate of drug-likeness (QED) is 0.606. The zero-order chi connectivity index (χ0) is 14.2. The summed E-state index contributed by atoms with van der Waals surface area (Å²) in [5.74, 6) is -1.51. The molecule has 2 aliphatic rings. The molecule has 2 heterocycles. The molecule has 102 valence electrons. The molecule has 0 aromatic rings. The van der Waals surface area contributed by atoms with Crippen molar-refractivity contribution in [1.82, 2.24) is 9.80 Å². The summed E-state index contributed by atoms with van der Waals surface area (Å²) in [6.45, 7) is 1.90. The lowest BCUT2D eigenvalue weighted by Gasteiger charge is -2.10. The summed E-state index contributed by atoms with van der Waals surface area (Å²) in [4.78, 5) is 38.0. The highest BCUT2D eigenvalue weighted by Gasteiger charge is 2.39. The second-order valence-electron chi connectivity index (χ2n) is 3.75. The molecule has 0 spiro atoms. The lowest BCUT2D eigenvalue weighted by Crippen LogP contribution is -2.31. The zero-order valence-electron chi connectivity index (χ0n) is 9.91. The van der Waals surface area contributed by atoms with Crippen LogP contribution in [0.25, 0.3) is 0 Å². The standard InChI is InChI=1S/C10H10N2O4S3/c1-2-12-9(16)7(19-10(12)17)6-8(15)11(4-18-6)3-5(13)14/h2-4H2,1H3,(H,13,14)/b7-6+. The molecule has 1 N–H and O–H groups in total. The van der Waals surface area contributed by atoms with Gasteiger partial charge in [-0.15, -0.1) is 0 Å². The first-order valence-corrected chi connectivity index (χ1v) is 7.58. The van der Waals surface area contributed by atoms with Crippen molar-refractivity contribution in [1.29, 1.82) is 0 Å². The summed E-state index contributed by atoms with van der Waals surface area (Å²) < 4.78 is 0.431. The van der Waals surface area contributed by atoms with Crippen LogP contribution in [0.15, 0.2) is 9.81 Å². The second-order valence-corrected chi connectivity index (χ2v) is 6.35. The summed E-state index contributed by atoms with van der Waals surface area (Å²) in [5.41, 5.74) is 0. The third-order valence-corrected chi connectivity index (χ3v) is 5.23. The van der Waals surface area contributed by atoms with Crippen LogP contribution in [0.2, 0.25) is 0 Å². The number of hydrogen-bond acceptors (Lipinski definition) is 6. The van der Waals surface area contributed by atoms with Gasteiger partial charge in [-0.3, -0.25) is 19.3 Å².